The van der Waals surface area contributed by atoms with Crippen molar-refractivity contribution in [1.82, 2.24) is 9.47 Å². The summed E-state index contributed by atoms with van der Waals surface area (Å²) >= 11 is 0. The molecule has 0 saturated carbocycles. The smallest absolute Gasteiger partial charge is 0.259 e. The van der Waals surface area contributed by atoms with E-state index in [1.165, 1.54) is 19.3 Å². The molecule has 0 bridgehead atoms. The number of carbonyl (C=O) groups is 1. The summed E-state index contributed by atoms with van der Waals surface area (Å²) in [5.74, 6) is 2.12. The van der Waals surface area contributed by atoms with Crippen molar-refractivity contribution >= 4 is 24.0 Å². The molecule has 3 heterocycles. The van der Waals surface area contributed by atoms with Crippen LogP contribution < -0.4 is 19.1 Å². The second-order valence-corrected chi connectivity index (χ2v) is 8.77. The van der Waals surface area contributed by atoms with Gasteiger partial charge in [-0.2, -0.15) is 0 Å². The number of benzene rings is 1. The summed E-state index contributed by atoms with van der Waals surface area (Å²) < 4.78 is 19.2. The van der Waals surface area contributed by atoms with Crippen molar-refractivity contribution in [3.05, 3.63) is 47.7 Å². The molecule has 0 radical (unpaired) electrons. The van der Waals surface area contributed by atoms with Crippen molar-refractivity contribution in [2.75, 3.05) is 45.4 Å². The fourth-order valence-electron chi connectivity index (χ4n) is 5.05. The molecule has 8 heteroatoms. The topological polar surface area (TPSA) is 56.2 Å². The second kappa shape index (κ2) is 10.2. The number of aryl methyl sites for hydroxylation is 1. The Labute approximate surface area is 206 Å². The van der Waals surface area contributed by atoms with Crippen molar-refractivity contribution in [2.24, 2.45) is 7.05 Å². The predicted molar refractivity (Wildman–Crippen MR) is 135 cm³/mol. The van der Waals surface area contributed by atoms with Crippen molar-refractivity contribution in [3.8, 4) is 28.5 Å². The van der Waals surface area contributed by atoms with E-state index in [0.717, 1.165) is 53.5 Å². The van der Waals surface area contributed by atoms with E-state index >= 15 is 0 Å². The van der Waals surface area contributed by atoms with E-state index in [1.807, 2.05) is 43.6 Å². The molecule has 0 atom stereocenters. The van der Waals surface area contributed by atoms with Gasteiger partial charge in [0.25, 0.3) is 5.91 Å². The number of hydrogen-bond acceptors (Lipinski definition) is 5. The summed E-state index contributed by atoms with van der Waals surface area (Å²) in [5, 5.41) is 0. The van der Waals surface area contributed by atoms with Gasteiger partial charge in [-0.3, -0.25) is 9.69 Å². The SMILES string of the molecule is COc1ccc(N2Cc3c(cc4c(OC)ccn(C)c3-4)C2=O)cc1OCCN1CCCCC1.Cl. The standard InChI is InChI=1S/C26H31N3O4.ClH/c1-27-12-9-22(31-2)20-16-19-21(25(20)27)17-29(26(19)30)18-7-8-23(32-3)24(15-18)33-14-13-28-10-5-4-6-11-28;/h7-9,12,15-16H,4-6,10-11,13-14,17H2,1-3H3;1H. The lowest BCUT2D eigenvalue weighted by Crippen LogP contribution is -2.33. The summed E-state index contributed by atoms with van der Waals surface area (Å²) in [6, 6.07) is 9.59. The number of hydrogen-bond donors (Lipinski definition) is 0. The van der Waals surface area contributed by atoms with Crippen LogP contribution in [0.25, 0.3) is 11.3 Å². The van der Waals surface area contributed by atoms with Crippen LogP contribution in [0.4, 0.5) is 5.69 Å². The molecule has 182 valence electrons. The van der Waals surface area contributed by atoms with Crippen molar-refractivity contribution in [1.29, 1.82) is 0 Å². The fraction of sp³-hybridized carbons (Fsp3) is 0.423. The maximum absolute atomic E-state index is 13.4. The molecule has 1 fully saturated rings. The number of nitrogens with zero attached hydrogens (tertiary/aromatic N) is 3. The number of methoxy groups -OCH3 is 2. The molecule has 0 N–H and O–H groups in total. The van der Waals surface area contributed by atoms with Gasteiger partial charge in [-0.05, 0) is 50.2 Å². The molecule has 0 spiro atoms. The Morgan fingerprint density at radius 2 is 1.68 bits per heavy atom. The van der Waals surface area contributed by atoms with Gasteiger partial charge in [0.05, 0.1) is 26.5 Å². The molecular weight excluding hydrogens is 454 g/mol. The van der Waals surface area contributed by atoms with Gasteiger partial charge < -0.3 is 23.7 Å². The van der Waals surface area contributed by atoms with Gasteiger partial charge in [0, 0.05) is 48.2 Å². The molecule has 0 aromatic heterocycles. The summed E-state index contributed by atoms with van der Waals surface area (Å²) in [6.07, 6.45) is 5.81. The van der Waals surface area contributed by atoms with Gasteiger partial charge in [0.15, 0.2) is 11.5 Å². The van der Waals surface area contributed by atoms with Gasteiger partial charge >= 0.3 is 0 Å². The first-order chi connectivity index (χ1) is 16.1. The quantitative estimate of drug-likeness (QED) is 0.489. The molecule has 1 aliphatic carbocycles. The minimum atomic E-state index is -0.00677. The lowest BCUT2D eigenvalue weighted by Gasteiger charge is -2.26. The third kappa shape index (κ3) is 4.30. The third-order valence-electron chi connectivity index (χ3n) is 6.81. The van der Waals surface area contributed by atoms with E-state index in [9.17, 15) is 4.79 Å². The van der Waals surface area contributed by atoms with E-state index in [2.05, 4.69) is 9.47 Å². The van der Waals surface area contributed by atoms with Crippen LogP contribution in [-0.4, -0.2) is 55.8 Å². The normalized spacial score (nSPS) is 15.9. The Balaban J connectivity index is 0.00000274. The molecule has 7 nitrogen and oxygen atoms in total. The van der Waals surface area contributed by atoms with Crippen LogP contribution >= 0.6 is 12.4 Å². The molecule has 1 aromatic carbocycles. The molecule has 1 amide bonds. The third-order valence-corrected chi connectivity index (χ3v) is 6.81. The lowest BCUT2D eigenvalue weighted by atomic mass is 10.1. The Kier molecular flexibility index (Phi) is 7.24. The Morgan fingerprint density at radius 3 is 2.41 bits per heavy atom. The van der Waals surface area contributed by atoms with Crippen LogP contribution in [0.2, 0.25) is 0 Å². The molecular formula is C26H32ClN3O4. The fourth-order valence-corrected chi connectivity index (χ4v) is 5.05. The highest BCUT2D eigenvalue weighted by molar-refractivity contribution is 6.13. The number of amides is 1. The number of carbonyl (C=O) groups excluding carboxylic acids is 1. The van der Waals surface area contributed by atoms with Crippen LogP contribution in [-0.2, 0) is 13.6 Å². The van der Waals surface area contributed by atoms with E-state index < -0.39 is 0 Å². The monoisotopic (exact) mass is 485 g/mol. The number of halogens is 1. The van der Waals surface area contributed by atoms with E-state index in [1.54, 1.807) is 19.1 Å². The zero-order chi connectivity index (χ0) is 22.9. The molecule has 0 unspecified atom stereocenters. The van der Waals surface area contributed by atoms with E-state index in [4.69, 9.17) is 14.2 Å². The van der Waals surface area contributed by atoms with Crippen molar-refractivity contribution < 1.29 is 19.0 Å². The van der Waals surface area contributed by atoms with Gasteiger partial charge in [-0.1, -0.05) is 6.42 Å². The van der Waals surface area contributed by atoms with Crippen molar-refractivity contribution in [3.63, 3.8) is 0 Å². The maximum atomic E-state index is 13.4. The average Bonchev–Trinajstić information content (AvgIpc) is 3.37. The van der Waals surface area contributed by atoms with Crippen LogP contribution in [0.15, 0.2) is 36.5 Å². The largest absolute Gasteiger partial charge is 0.496 e. The van der Waals surface area contributed by atoms with Crippen LogP contribution in [0.3, 0.4) is 0 Å². The molecule has 1 aromatic rings. The van der Waals surface area contributed by atoms with E-state index in [-0.39, 0.29) is 18.3 Å². The van der Waals surface area contributed by atoms with E-state index in [0.29, 0.717) is 24.7 Å². The highest BCUT2D eigenvalue weighted by Crippen LogP contribution is 2.44. The minimum Gasteiger partial charge on any atom is -0.496 e. The summed E-state index contributed by atoms with van der Waals surface area (Å²) in [6.45, 7) is 4.29. The number of piperidine rings is 1. The Bertz CT molecular complexity index is 1140. The first-order valence-corrected chi connectivity index (χ1v) is 11.6. The Hall–Kier alpha value is -2.90. The van der Waals surface area contributed by atoms with Crippen LogP contribution in [0.1, 0.15) is 35.2 Å². The highest BCUT2D eigenvalue weighted by atomic mass is 35.5. The van der Waals surface area contributed by atoms with Crippen LogP contribution in [0.5, 0.6) is 17.2 Å². The zero-order valence-corrected chi connectivity index (χ0v) is 20.8. The number of pyridine rings is 1. The lowest BCUT2D eigenvalue weighted by molar-refractivity contribution is 0.0996. The molecule has 3 aliphatic heterocycles. The first kappa shape index (κ1) is 24.2. The zero-order valence-electron chi connectivity index (χ0n) is 20.0. The van der Waals surface area contributed by atoms with Gasteiger partial charge in [-0.15, -0.1) is 12.4 Å². The molecule has 4 aliphatic rings. The first-order valence-electron chi connectivity index (χ1n) is 11.6. The number of likely N-dealkylation sites (tertiary alicyclic amines) is 1. The predicted octanol–water partition coefficient (Wildman–Crippen LogP) is 4.59. The average molecular weight is 486 g/mol. The van der Waals surface area contributed by atoms with Crippen LogP contribution in [0, 0.1) is 0 Å². The van der Waals surface area contributed by atoms with Crippen molar-refractivity contribution in [2.45, 2.75) is 25.8 Å². The maximum Gasteiger partial charge on any atom is 0.259 e. The number of anilines is 1. The molecule has 34 heavy (non-hydrogen) atoms. The summed E-state index contributed by atoms with van der Waals surface area (Å²) in [4.78, 5) is 17.6. The minimum absolute atomic E-state index is 0. The van der Waals surface area contributed by atoms with Gasteiger partial charge in [-0.25, -0.2) is 0 Å². The number of ether oxygens (including phenoxy) is 3. The summed E-state index contributed by atoms with van der Waals surface area (Å²) in [7, 11) is 5.30. The number of fused-ring (bicyclic) bond motifs is 3. The second-order valence-electron chi connectivity index (χ2n) is 8.77. The van der Waals surface area contributed by atoms with Gasteiger partial charge in [0.1, 0.15) is 12.4 Å². The molecule has 5 rings (SSSR count). The number of aromatic nitrogens is 1. The summed E-state index contributed by atoms with van der Waals surface area (Å²) in [5.41, 5.74) is 4.57. The molecule has 1 saturated heterocycles. The van der Waals surface area contributed by atoms with Gasteiger partial charge in [0.2, 0.25) is 0 Å². The Morgan fingerprint density at radius 1 is 0.912 bits per heavy atom. The number of rotatable bonds is 7. The highest BCUT2D eigenvalue weighted by Gasteiger charge is 2.35.